The quantitative estimate of drug-likeness (QED) is 0.320. The van der Waals surface area contributed by atoms with Gasteiger partial charge >= 0.3 is 0 Å². The summed E-state index contributed by atoms with van der Waals surface area (Å²) in [6.45, 7) is 14.7. The summed E-state index contributed by atoms with van der Waals surface area (Å²) in [6, 6.07) is 0. The van der Waals surface area contributed by atoms with Crippen LogP contribution in [0.15, 0.2) is 5.16 Å². The van der Waals surface area contributed by atoms with E-state index in [4.69, 9.17) is 0 Å². The molecule has 3 fully saturated rings. The summed E-state index contributed by atoms with van der Waals surface area (Å²) >= 11 is 0. The standard InChI is InChI=1S/C27H49NO/c1-7-8-17-27(6)24-16-18-26(5)22(20(4)11-9-10-19(2)3)13-14-23(26)21(24)12-15-25(27)28-29/h19-24,29H,7-18H2,1-6H3/b28-25+/t20-,21+,22-,23+,24+,26-,27-/m1/s1. The van der Waals surface area contributed by atoms with Gasteiger partial charge in [-0.3, -0.25) is 0 Å². The van der Waals surface area contributed by atoms with E-state index < -0.39 is 0 Å². The van der Waals surface area contributed by atoms with Crippen LogP contribution in [0, 0.1) is 46.3 Å². The first kappa shape index (κ1) is 23.1. The summed E-state index contributed by atoms with van der Waals surface area (Å²) in [5.74, 6) is 5.14. The molecule has 168 valence electrons. The third-order valence-electron chi connectivity index (χ3n) is 10.0. The SMILES string of the molecule is CCCC[C@@]1(C)/C(=N/O)CC[C@H]2[C@@H]3CC[C@H]([C@H](C)CCCC(C)C)[C@@]3(C)CC[C@@H]21. The van der Waals surface area contributed by atoms with Crippen LogP contribution < -0.4 is 0 Å². The van der Waals surface area contributed by atoms with E-state index in [-0.39, 0.29) is 5.41 Å². The van der Waals surface area contributed by atoms with Crippen molar-refractivity contribution in [3.8, 4) is 0 Å². The summed E-state index contributed by atoms with van der Waals surface area (Å²) in [4.78, 5) is 0. The zero-order chi connectivity index (χ0) is 21.2. The molecule has 3 aliphatic carbocycles. The molecule has 0 aromatic rings. The molecule has 0 spiro atoms. The Labute approximate surface area is 181 Å². The Morgan fingerprint density at radius 3 is 2.41 bits per heavy atom. The van der Waals surface area contributed by atoms with E-state index in [1.165, 1.54) is 70.6 Å². The van der Waals surface area contributed by atoms with E-state index >= 15 is 0 Å². The fourth-order valence-corrected chi connectivity index (χ4v) is 8.35. The van der Waals surface area contributed by atoms with Crippen molar-refractivity contribution >= 4 is 5.71 Å². The van der Waals surface area contributed by atoms with Gasteiger partial charge in [0.25, 0.3) is 0 Å². The van der Waals surface area contributed by atoms with Gasteiger partial charge in [-0.25, -0.2) is 0 Å². The third-order valence-corrected chi connectivity index (χ3v) is 10.0. The average Bonchev–Trinajstić information content (AvgIpc) is 3.03. The maximum Gasteiger partial charge on any atom is 0.0632 e. The van der Waals surface area contributed by atoms with Crippen molar-refractivity contribution < 1.29 is 5.21 Å². The Bertz CT molecular complexity index is 569. The van der Waals surface area contributed by atoms with Crippen LogP contribution in [0.1, 0.15) is 119 Å². The van der Waals surface area contributed by atoms with Crippen molar-refractivity contribution in [3.05, 3.63) is 0 Å². The Morgan fingerprint density at radius 1 is 1.00 bits per heavy atom. The molecule has 0 aromatic carbocycles. The maximum atomic E-state index is 9.78. The molecule has 1 N–H and O–H groups in total. The lowest BCUT2D eigenvalue weighted by atomic mass is 9.47. The Hall–Kier alpha value is -0.530. The first-order chi connectivity index (χ1) is 13.8. The van der Waals surface area contributed by atoms with Crippen molar-refractivity contribution in [2.45, 2.75) is 119 Å². The molecule has 29 heavy (non-hydrogen) atoms. The second-order valence-electron chi connectivity index (χ2n) is 12.0. The number of rotatable bonds is 8. The molecule has 7 atom stereocenters. The van der Waals surface area contributed by atoms with Gasteiger partial charge in [0.05, 0.1) is 5.71 Å². The van der Waals surface area contributed by atoms with Gasteiger partial charge < -0.3 is 5.21 Å². The smallest absolute Gasteiger partial charge is 0.0632 e. The highest BCUT2D eigenvalue weighted by atomic mass is 16.4. The molecule has 3 aliphatic rings. The number of unbranched alkanes of at least 4 members (excludes halogenated alkanes) is 1. The zero-order valence-electron chi connectivity index (χ0n) is 20.3. The van der Waals surface area contributed by atoms with E-state index in [1.807, 2.05) is 0 Å². The van der Waals surface area contributed by atoms with E-state index in [0.29, 0.717) is 5.41 Å². The van der Waals surface area contributed by atoms with Crippen LogP contribution >= 0.6 is 0 Å². The summed E-state index contributed by atoms with van der Waals surface area (Å²) in [5.41, 5.74) is 1.81. The molecular formula is C27H49NO. The van der Waals surface area contributed by atoms with Crippen LogP contribution in [0.25, 0.3) is 0 Å². The molecule has 0 amide bonds. The van der Waals surface area contributed by atoms with Crippen LogP contribution in [-0.2, 0) is 0 Å². The van der Waals surface area contributed by atoms with Gasteiger partial charge in [-0.15, -0.1) is 0 Å². The molecule has 0 heterocycles. The van der Waals surface area contributed by atoms with Gasteiger partial charge in [-0.1, -0.05) is 78.8 Å². The molecule has 3 saturated carbocycles. The molecule has 0 aromatic heterocycles. The fourth-order valence-electron chi connectivity index (χ4n) is 8.35. The van der Waals surface area contributed by atoms with Crippen LogP contribution in [0.2, 0.25) is 0 Å². The van der Waals surface area contributed by atoms with Gasteiger partial charge in [0.15, 0.2) is 0 Å². The predicted octanol–water partition coefficient (Wildman–Crippen LogP) is 8.33. The fraction of sp³-hybridized carbons (Fsp3) is 0.963. The molecule has 0 radical (unpaired) electrons. The van der Waals surface area contributed by atoms with Crippen LogP contribution in [0.3, 0.4) is 0 Å². The van der Waals surface area contributed by atoms with Crippen molar-refractivity contribution in [1.82, 2.24) is 0 Å². The van der Waals surface area contributed by atoms with E-state index in [1.54, 1.807) is 0 Å². The zero-order valence-corrected chi connectivity index (χ0v) is 20.3. The number of hydrogen-bond donors (Lipinski definition) is 1. The predicted molar refractivity (Wildman–Crippen MR) is 124 cm³/mol. The third kappa shape index (κ3) is 4.29. The van der Waals surface area contributed by atoms with Gasteiger partial charge in [0.1, 0.15) is 0 Å². The molecule has 0 bridgehead atoms. The summed E-state index contributed by atoms with van der Waals surface area (Å²) in [7, 11) is 0. The van der Waals surface area contributed by atoms with Gasteiger partial charge in [-0.2, -0.15) is 0 Å². The molecule has 3 rings (SSSR count). The summed E-state index contributed by atoms with van der Waals surface area (Å²) in [5, 5.41) is 13.6. The minimum absolute atomic E-state index is 0.135. The van der Waals surface area contributed by atoms with E-state index in [0.717, 1.165) is 47.6 Å². The molecule has 0 unspecified atom stereocenters. The van der Waals surface area contributed by atoms with Crippen molar-refractivity contribution in [2.24, 2.45) is 51.5 Å². The first-order valence-electron chi connectivity index (χ1n) is 13.0. The van der Waals surface area contributed by atoms with Crippen LogP contribution in [-0.4, -0.2) is 10.9 Å². The normalized spacial score (nSPS) is 42.1. The Kier molecular flexibility index (Phi) is 7.43. The second kappa shape index (κ2) is 9.31. The number of oxime groups is 1. The molecule has 0 aliphatic heterocycles. The molecule has 2 nitrogen and oxygen atoms in total. The van der Waals surface area contributed by atoms with Crippen molar-refractivity contribution in [1.29, 1.82) is 0 Å². The highest BCUT2D eigenvalue weighted by Gasteiger charge is 2.59. The Balaban J connectivity index is 1.75. The van der Waals surface area contributed by atoms with E-state index in [2.05, 4.69) is 46.7 Å². The highest BCUT2D eigenvalue weighted by molar-refractivity contribution is 5.90. The average molecular weight is 404 g/mol. The lowest BCUT2D eigenvalue weighted by molar-refractivity contribution is -0.0452. The Morgan fingerprint density at radius 2 is 1.76 bits per heavy atom. The molecular weight excluding hydrogens is 354 g/mol. The molecule has 2 heteroatoms. The first-order valence-corrected chi connectivity index (χ1v) is 13.0. The lowest BCUT2D eigenvalue weighted by Crippen LogP contribution is -2.52. The minimum atomic E-state index is 0.135. The highest BCUT2D eigenvalue weighted by Crippen LogP contribution is 2.66. The topological polar surface area (TPSA) is 32.6 Å². The minimum Gasteiger partial charge on any atom is -0.411 e. The monoisotopic (exact) mass is 403 g/mol. The molecule has 0 saturated heterocycles. The van der Waals surface area contributed by atoms with Crippen molar-refractivity contribution in [3.63, 3.8) is 0 Å². The largest absolute Gasteiger partial charge is 0.411 e. The number of fused-ring (bicyclic) bond motifs is 3. The van der Waals surface area contributed by atoms with Gasteiger partial charge in [-0.05, 0) is 85.9 Å². The van der Waals surface area contributed by atoms with Crippen molar-refractivity contribution in [2.75, 3.05) is 0 Å². The summed E-state index contributed by atoms with van der Waals surface area (Å²) in [6.07, 6.45) is 15.9. The van der Waals surface area contributed by atoms with Gasteiger partial charge in [0.2, 0.25) is 0 Å². The van der Waals surface area contributed by atoms with Gasteiger partial charge in [0, 0.05) is 5.41 Å². The number of nitrogens with zero attached hydrogens (tertiary/aromatic N) is 1. The maximum absolute atomic E-state index is 9.78. The lowest BCUT2D eigenvalue weighted by Gasteiger charge is -2.57. The summed E-state index contributed by atoms with van der Waals surface area (Å²) < 4.78 is 0. The number of hydrogen-bond acceptors (Lipinski definition) is 2. The van der Waals surface area contributed by atoms with E-state index in [9.17, 15) is 5.21 Å². The van der Waals surface area contributed by atoms with Crippen LogP contribution in [0.4, 0.5) is 0 Å². The second-order valence-corrected chi connectivity index (χ2v) is 12.0. The van der Waals surface area contributed by atoms with Crippen LogP contribution in [0.5, 0.6) is 0 Å².